The number of halogens is 1. The molecule has 3 nitrogen and oxygen atoms in total. The zero-order chi connectivity index (χ0) is 14.8. The molecule has 1 fully saturated rings. The van der Waals surface area contributed by atoms with Crippen molar-refractivity contribution in [2.45, 2.75) is 31.2 Å². The van der Waals surface area contributed by atoms with E-state index in [0.717, 1.165) is 22.3 Å². The second kappa shape index (κ2) is 6.41. The van der Waals surface area contributed by atoms with Crippen LogP contribution in [0, 0.1) is 0 Å². The molecule has 0 unspecified atom stereocenters. The van der Waals surface area contributed by atoms with Gasteiger partial charge in [0.1, 0.15) is 4.99 Å². The smallest absolute Gasteiger partial charge is 0.106 e. The second-order valence-electron chi connectivity index (χ2n) is 5.73. The molecule has 1 aliphatic rings. The summed E-state index contributed by atoms with van der Waals surface area (Å²) in [4.78, 5) is 2.78. The van der Waals surface area contributed by atoms with Crippen LogP contribution in [-0.2, 0) is 0 Å². The third kappa shape index (κ3) is 3.32. The molecule has 2 rings (SSSR count). The Hall–Kier alpha value is -0.650. The molecular formula is C15H22BrN3S. The molecule has 3 N–H and O–H groups in total. The van der Waals surface area contributed by atoms with Crippen molar-refractivity contribution in [2.75, 3.05) is 26.0 Å². The van der Waals surface area contributed by atoms with Gasteiger partial charge in [0.25, 0.3) is 0 Å². The average molecular weight is 356 g/mol. The van der Waals surface area contributed by atoms with Crippen LogP contribution in [0.1, 0.15) is 31.2 Å². The fourth-order valence-electron chi connectivity index (χ4n) is 2.95. The SMILES string of the molecule is CN(C)C1(CNc2ccc(Br)cc2C(N)=S)CCCC1. The van der Waals surface area contributed by atoms with Gasteiger partial charge in [-0.15, -0.1) is 0 Å². The Morgan fingerprint density at radius 2 is 2.05 bits per heavy atom. The molecule has 20 heavy (non-hydrogen) atoms. The number of anilines is 1. The number of benzene rings is 1. The Balaban J connectivity index is 2.16. The summed E-state index contributed by atoms with van der Waals surface area (Å²) in [5.41, 5.74) is 8.00. The monoisotopic (exact) mass is 355 g/mol. The number of likely N-dealkylation sites (N-methyl/N-ethyl adjacent to an activating group) is 1. The summed E-state index contributed by atoms with van der Waals surface area (Å²) in [5, 5.41) is 3.56. The lowest BCUT2D eigenvalue weighted by Gasteiger charge is -2.37. The molecule has 0 saturated heterocycles. The topological polar surface area (TPSA) is 41.3 Å². The Labute approximate surface area is 135 Å². The summed E-state index contributed by atoms with van der Waals surface area (Å²) in [6, 6.07) is 6.03. The number of thiocarbonyl (C=S) groups is 1. The van der Waals surface area contributed by atoms with E-state index in [-0.39, 0.29) is 5.54 Å². The van der Waals surface area contributed by atoms with Gasteiger partial charge in [0.05, 0.1) is 0 Å². The van der Waals surface area contributed by atoms with Crippen LogP contribution in [0.25, 0.3) is 0 Å². The molecule has 0 aromatic heterocycles. The molecule has 1 saturated carbocycles. The van der Waals surface area contributed by atoms with E-state index >= 15 is 0 Å². The van der Waals surface area contributed by atoms with Gasteiger partial charge in [0, 0.05) is 27.8 Å². The van der Waals surface area contributed by atoms with Crippen LogP contribution in [0.4, 0.5) is 5.69 Å². The molecule has 0 atom stereocenters. The van der Waals surface area contributed by atoms with Crippen molar-refractivity contribution in [2.24, 2.45) is 5.73 Å². The van der Waals surface area contributed by atoms with Crippen LogP contribution in [0.2, 0.25) is 0 Å². The van der Waals surface area contributed by atoms with Crippen molar-refractivity contribution in [3.63, 3.8) is 0 Å². The van der Waals surface area contributed by atoms with Crippen LogP contribution >= 0.6 is 28.1 Å². The van der Waals surface area contributed by atoms with Gasteiger partial charge in [0.2, 0.25) is 0 Å². The molecule has 1 aromatic carbocycles. The van der Waals surface area contributed by atoms with E-state index in [4.69, 9.17) is 18.0 Å². The number of rotatable bonds is 5. The normalized spacial score (nSPS) is 17.4. The summed E-state index contributed by atoms with van der Waals surface area (Å²) >= 11 is 8.61. The fourth-order valence-corrected chi connectivity index (χ4v) is 3.48. The number of hydrogen-bond donors (Lipinski definition) is 2. The molecule has 0 spiro atoms. The van der Waals surface area contributed by atoms with Gasteiger partial charge >= 0.3 is 0 Å². The quantitative estimate of drug-likeness (QED) is 0.794. The van der Waals surface area contributed by atoms with Crippen LogP contribution in [0.3, 0.4) is 0 Å². The Kier molecular flexibility index (Phi) is 5.04. The standard InChI is InChI=1S/C15H22BrN3S/c1-19(2)15(7-3-4-8-15)10-18-13-6-5-11(16)9-12(13)14(17)20/h5-6,9,18H,3-4,7-8,10H2,1-2H3,(H2,17,20). The molecule has 1 aliphatic carbocycles. The molecule has 1 aromatic rings. The molecular weight excluding hydrogens is 334 g/mol. The van der Waals surface area contributed by atoms with Gasteiger partial charge in [-0.2, -0.15) is 0 Å². The number of nitrogens with two attached hydrogens (primary N) is 1. The maximum atomic E-state index is 5.82. The first-order valence-corrected chi connectivity index (χ1v) is 8.15. The summed E-state index contributed by atoms with van der Waals surface area (Å²) < 4.78 is 0.994. The van der Waals surface area contributed by atoms with Gasteiger partial charge in [0.15, 0.2) is 0 Å². The van der Waals surface area contributed by atoms with E-state index in [1.807, 2.05) is 18.2 Å². The van der Waals surface area contributed by atoms with Crippen molar-refractivity contribution < 1.29 is 0 Å². The predicted octanol–water partition coefficient (Wildman–Crippen LogP) is 3.37. The summed E-state index contributed by atoms with van der Waals surface area (Å²) in [6.07, 6.45) is 5.10. The van der Waals surface area contributed by atoms with Crippen LogP contribution in [0.15, 0.2) is 22.7 Å². The molecule has 5 heteroatoms. The van der Waals surface area contributed by atoms with Crippen LogP contribution in [0.5, 0.6) is 0 Å². The Bertz CT molecular complexity index is 496. The minimum atomic E-state index is 0.251. The second-order valence-corrected chi connectivity index (χ2v) is 7.09. The third-order valence-electron chi connectivity index (χ3n) is 4.34. The molecule has 110 valence electrons. The number of hydrogen-bond acceptors (Lipinski definition) is 3. The highest BCUT2D eigenvalue weighted by atomic mass is 79.9. The van der Waals surface area contributed by atoms with Crippen molar-refractivity contribution in [1.82, 2.24) is 4.90 Å². The first-order chi connectivity index (χ1) is 9.44. The van der Waals surface area contributed by atoms with Gasteiger partial charge < -0.3 is 16.0 Å². The van der Waals surface area contributed by atoms with Crippen molar-refractivity contribution in [3.05, 3.63) is 28.2 Å². The van der Waals surface area contributed by atoms with Gasteiger partial charge in [-0.3, -0.25) is 0 Å². The summed E-state index contributed by atoms with van der Waals surface area (Å²) in [7, 11) is 4.34. The lowest BCUT2D eigenvalue weighted by Crippen LogP contribution is -2.47. The highest BCUT2D eigenvalue weighted by molar-refractivity contribution is 9.10. The van der Waals surface area contributed by atoms with Crippen molar-refractivity contribution in [1.29, 1.82) is 0 Å². The van der Waals surface area contributed by atoms with E-state index in [1.54, 1.807) is 0 Å². The molecule has 0 heterocycles. The van der Waals surface area contributed by atoms with Crippen LogP contribution < -0.4 is 11.1 Å². The maximum Gasteiger partial charge on any atom is 0.106 e. The molecule has 0 radical (unpaired) electrons. The number of nitrogens with one attached hydrogen (secondary N) is 1. The van der Waals surface area contributed by atoms with E-state index in [0.29, 0.717) is 4.99 Å². The fraction of sp³-hybridized carbons (Fsp3) is 0.533. The average Bonchev–Trinajstić information content (AvgIpc) is 2.87. The van der Waals surface area contributed by atoms with Gasteiger partial charge in [-0.05, 0) is 45.1 Å². The Morgan fingerprint density at radius 1 is 1.40 bits per heavy atom. The lowest BCUT2D eigenvalue weighted by atomic mass is 9.95. The highest BCUT2D eigenvalue weighted by Crippen LogP contribution is 2.34. The van der Waals surface area contributed by atoms with E-state index in [1.165, 1.54) is 25.7 Å². The third-order valence-corrected chi connectivity index (χ3v) is 5.05. The van der Waals surface area contributed by atoms with E-state index < -0.39 is 0 Å². The van der Waals surface area contributed by atoms with Crippen molar-refractivity contribution >= 4 is 38.8 Å². The predicted molar refractivity (Wildman–Crippen MR) is 93.4 cm³/mol. The lowest BCUT2D eigenvalue weighted by molar-refractivity contribution is 0.172. The van der Waals surface area contributed by atoms with Gasteiger partial charge in [-0.1, -0.05) is 41.0 Å². The Morgan fingerprint density at radius 3 is 2.60 bits per heavy atom. The highest BCUT2D eigenvalue weighted by Gasteiger charge is 2.35. The minimum absolute atomic E-state index is 0.251. The summed E-state index contributed by atoms with van der Waals surface area (Å²) in [5.74, 6) is 0. The first-order valence-electron chi connectivity index (χ1n) is 6.95. The first kappa shape index (κ1) is 15.7. The minimum Gasteiger partial charge on any atom is -0.389 e. The molecule has 0 bridgehead atoms. The molecule has 0 aliphatic heterocycles. The van der Waals surface area contributed by atoms with E-state index in [9.17, 15) is 0 Å². The van der Waals surface area contributed by atoms with Crippen LogP contribution in [-0.4, -0.2) is 36.1 Å². The zero-order valence-corrected chi connectivity index (χ0v) is 14.5. The van der Waals surface area contributed by atoms with Crippen molar-refractivity contribution in [3.8, 4) is 0 Å². The maximum absolute atomic E-state index is 5.82. The molecule has 0 amide bonds. The zero-order valence-electron chi connectivity index (χ0n) is 12.1. The van der Waals surface area contributed by atoms with E-state index in [2.05, 4.69) is 40.2 Å². The largest absolute Gasteiger partial charge is 0.389 e. The number of nitrogens with zero attached hydrogens (tertiary/aromatic N) is 1. The van der Waals surface area contributed by atoms with Gasteiger partial charge in [-0.25, -0.2) is 0 Å². The summed E-state index contributed by atoms with van der Waals surface area (Å²) in [6.45, 7) is 0.928.